The lowest BCUT2D eigenvalue weighted by molar-refractivity contribution is -0.0521. The van der Waals surface area contributed by atoms with Gasteiger partial charge in [0.1, 0.15) is 0 Å². The molecule has 1 atom stereocenters. The first-order chi connectivity index (χ1) is 9.47. The third-order valence-corrected chi connectivity index (χ3v) is 3.02. The van der Waals surface area contributed by atoms with Crippen LogP contribution in [0.15, 0.2) is 12.1 Å². The summed E-state index contributed by atoms with van der Waals surface area (Å²) < 4.78 is 41.7. The number of halogens is 3. The van der Waals surface area contributed by atoms with Crippen LogP contribution in [0.3, 0.4) is 0 Å². The molecule has 0 amide bonds. The van der Waals surface area contributed by atoms with Crippen molar-refractivity contribution in [2.45, 2.75) is 26.4 Å². The summed E-state index contributed by atoms with van der Waals surface area (Å²) in [6.07, 6.45) is 1.46. The second-order valence-corrected chi connectivity index (χ2v) is 4.42. The summed E-state index contributed by atoms with van der Waals surface area (Å²) in [6.45, 7) is -0.556. The topological polar surface area (TPSA) is 67.5 Å². The fourth-order valence-corrected chi connectivity index (χ4v) is 1.80. The second-order valence-electron chi connectivity index (χ2n) is 4.42. The Kier molecular flexibility index (Phi) is 6.44. The average molecular weight is 292 g/mol. The lowest BCUT2D eigenvalue weighted by Gasteiger charge is -2.17. The number of aliphatic hydroxyl groups excluding tert-OH is 1. The largest absolute Gasteiger partial charge is 0.432 e. The van der Waals surface area contributed by atoms with Gasteiger partial charge in [-0.2, -0.15) is 8.78 Å². The van der Waals surface area contributed by atoms with Crippen LogP contribution in [0.4, 0.5) is 24.5 Å². The normalized spacial score (nSPS) is 12.5. The zero-order valence-corrected chi connectivity index (χ0v) is 11.2. The van der Waals surface area contributed by atoms with Crippen LogP contribution in [-0.4, -0.2) is 24.9 Å². The number of ether oxygens (including phenoxy) is 1. The van der Waals surface area contributed by atoms with E-state index in [9.17, 15) is 13.2 Å². The summed E-state index contributed by atoms with van der Waals surface area (Å²) in [7, 11) is 0. The van der Waals surface area contributed by atoms with Gasteiger partial charge in [-0.3, -0.25) is 0 Å². The number of rotatable bonds is 8. The standard InChI is InChI=1S/C13H19F3N2O2/c1-2-8(3-4-19)7-18-11-6-12(20-13(15)16)9(14)5-10(11)17/h5-6,8,13,18-19H,2-4,7,17H2,1H3. The van der Waals surface area contributed by atoms with Gasteiger partial charge >= 0.3 is 6.61 Å². The van der Waals surface area contributed by atoms with Crippen LogP contribution in [0, 0.1) is 11.7 Å². The van der Waals surface area contributed by atoms with E-state index < -0.39 is 18.2 Å². The lowest BCUT2D eigenvalue weighted by Crippen LogP contribution is -2.16. The van der Waals surface area contributed by atoms with Gasteiger partial charge in [-0.05, 0) is 12.3 Å². The number of benzene rings is 1. The van der Waals surface area contributed by atoms with Crippen LogP contribution in [0.5, 0.6) is 5.75 Å². The third kappa shape index (κ3) is 4.80. The molecule has 0 fully saturated rings. The molecule has 0 saturated heterocycles. The minimum Gasteiger partial charge on any atom is -0.432 e. The van der Waals surface area contributed by atoms with E-state index in [1.807, 2.05) is 6.92 Å². The van der Waals surface area contributed by atoms with E-state index >= 15 is 0 Å². The number of aliphatic hydroxyl groups is 1. The Morgan fingerprint density at radius 2 is 2.10 bits per heavy atom. The molecule has 0 aliphatic carbocycles. The van der Waals surface area contributed by atoms with E-state index in [1.165, 1.54) is 0 Å². The molecule has 0 heterocycles. The van der Waals surface area contributed by atoms with E-state index in [0.717, 1.165) is 18.6 Å². The van der Waals surface area contributed by atoms with E-state index in [-0.39, 0.29) is 18.2 Å². The first-order valence-corrected chi connectivity index (χ1v) is 6.36. The fraction of sp³-hybridized carbons (Fsp3) is 0.538. The predicted molar refractivity (Wildman–Crippen MR) is 71.4 cm³/mol. The Morgan fingerprint density at radius 3 is 2.65 bits per heavy atom. The highest BCUT2D eigenvalue weighted by molar-refractivity contribution is 5.68. The maximum Gasteiger partial charge on any atom is 0.387 e. The van der Waals surface area contributed by atoms with Gasteiger partial charge in [0.05, 0.1) is 11.4 Å². The zero-order valence-electron chi connectivity index (χ0n) is 11.2. The number of hydrogen-bond acceptors (Lipinski definition) is 4. The smallest absolute Gasteiger partial charge is 0.387 e. The molecule has 1 aromatic carbocycles. The minimum atomic E-state index is -3.10. The van der Waals surface area contributed by atoms with Gasteiger partial charge < -0.3 is 20.9 Å². The van der Waals surface area contributed by atoms with Crippen molar-refractivity contribution in [2.24, 2.45) is 5.92 Å². The van der Waals surface area contributed by atoms with Crippen LogP contribution in [0.25, 0.3) is 0 Å². The predicted octanol–water partition coefficient (Wildman–Crippen LogP) is 2.83. The molecule has 114 valence electrons. The monoisotopic (exact) mass is 292 g/mol. The summed E-state index contributed by atoms with van der Waals surface area (Å²) in [5.74, 6) is -1.27. The van der Waals surface area contributed by atoms with Gasteiger partial charge in [0.15, 0.2) is 11.6 Å². The number of nitrogens with one attached hydrogen (secondary N) is 1. The van der Waals surface area contributed by atoms with E-state index in [1.54, 1.807) is 0 Å². The fourth-order valence-electron chi connectivity index (χ4n) is 1.80. The first kappa shape index (κ1) is 16.4. The van der Waals surface area contributed by atoms with Gasteiger partial charge in [0.25, 0.3) is 0 Å². The second kappa shape index (κ2) is 7.84. The van der Waals surface area contributed by atoms with Gasteiger partial charge in [0, 0.05) is 25.3 Å². The molecule has 4 nitrogen and oxygen atoms in total. The van der Waals surface area contributed by atoms with Crippen molar-refractivity contribution in [3.05, 3.63) is 17.9 Å². The molecule has 20 heavy (non-hydrogen) atoms. The van der Waals surface area contributed by atoms with Gasteiger partial charge in [-0.25, -0.2) is 4.39 Å². The molecule has 1 unspecified atom stereocenters. The maximum absolute atomic E-state index is 13.4. The molecular weight excluding hydrogens is 273 g/mol. The van der Waals surface area contributed by atoms with E-state index in [2.05, 4.69) is 10.1 Å². The van der Waals surface area contributed by atoms with Crippen molar-refractivity contribution in [2.75, 3.05) is 24.2 Å². The molecule has 4 N–H and O–H groups in total. The molecule has 0 saturated carbocycles. The Morgan fingerprint density at radius 1 is 1.40 bits per heavy atom. The third-order valence-electron chi connectivity index (χ3n) is 3.02. The number of anilines is 2. The summed E-state index contributed by atoms with van der Waals surface area (Å²) in [6, 6.07) is 2.05. The molecule has 0 radical (unpaired) electrons. The first-order valence-electron chi connectivity index (χ1n) is 6.36. The number of nitrogen functional groups attached to an aromatic ring is 1. The summed E-state index contributed by atoms with van der Waals surface area (Å²) in [5, 5.41) is 11.9. The molecule has 0 aliphatic rings. The van der Waals surface area contributed by atoms with Crippen molar-refractivity contribution in [1.29, 1.82) is 0 Å². The summed E-state index contributed by atoms with van der Waals surface area (Å²) >= 11 is 0. The Bertz CT molecular complexity index is 430. The lowest BCUT2D eigenvalue weighted by atomic mass is 10.0. The summed E-state index contributed by atoms with van der Waals surface area (Å²) in [4.78, 5) is 0. The van der Waals surface area contributed by atoms with Crippen molar-refractivity contribution in [3.8, 4) is 5.75 Å². The number of hydrogen-bond donors (Lipinski definition) is 3. The molecule has 0 aliphatic heterocycles. The van der Waals surface area contributed by atoms with Gasteiger partial charge in [0.2, 0.25) is 0 Å². The van der Waals surface area contributed by atoms with Crippen LogP contribution >= 0.6 is 0 Å². The summed E-state index contributed by atoms with van der Waals surface area (Å²) in [5.41, 5.74) is 6.07. The molecule has 7 heteroatoms. The molecule has 0 spiro atoms. The zero-order chi connectivity index (χ0) is 15.1. The maximum atomic E-state index is 13.4. The van der Waals surface area contributed by atoms with Crippen molar-refractivity contribution < 1.29 is 23.0 Å². The minimum absolute atomic E-state index is 0.0683. The van der Waals surface area contributed by atoms with Crippen molar-refractivity contribution >= 4 is 11.4 Å². The Labute approximate surface area is 115 Å². The molecule has 0 bridgehead atoms. The number of alkyl halides is 2. The number of nitrogens with two attached hydrogens (primary N) is 1. The van der Waals surface area contributed by atoms with Crippen LogP contribution in [0.1, 0.15) is 19.8 Å². The van der Waals surface area contributed by atoms with Gasteiger partial charge in [-0.15, -0.1) is 0 Å². The van der Waals surface area contributed by atoms with Crippen molar-refractivity contribution in [3.63, 3.8) is 0 Å². The van der Waals surface area contributed by atoms with Crippen LogP contribution in [-0.2, 0) is 0 Å². The van der Waals surface area contributed by atoms with E-state index in [0.29, 0.717) is 18.7 Å². The van der Waals surface area contributed by atoms with Crippen molar-refractivity contribution in [1.82, 2.24) is 0 Å². The molecular formula is C13H19F3N2O2. The molecule has 1 rings (SSSR count). The van der Waals surface area contributed by atoms with E-state index in [4.69, 9.17) is 10.8 Å². The Hall–Kier alpha value is -1.63. The average Bonchev–Trinajstić information content (AvgIpc) is 2.38. The molecule has 1 aromatic rings. The highest BCUT2D eigenvalue weighted by Crippen LogP contribution is 2.29. The van der Waals surface area contributed by atoms with Crippen LogP contribution in [0.2, 0.25) is 0 Å². The highest BCUT2D eigenvalue weighted by atomic mass is 19.3. The SMILES string of the molecule is CCC(CCO)CNc1cc(OC(F)F)c(F)cc1N. The molecule has 0 aromatic heterocycles. The highest BCUT2D eigenvalue weighted by Gasteiger charge is 2.14. The van der Waals surface area contributed by atoms with Crippen LogP contribution < -0.4 is 15.8 Å². The quantitative estimate of drug-likeness (QED) is 0.645. The van der Waals surface area contributed by atoms with Gasteiger partial charge in [-0.1, -0.05) is 13.3 Å². The Balaban J connectivity index is 2.78.